The monoisotopic (exact) mass is 1940 g/mol. The van der Waals surface area contributed by atoms with E-state index in [1.807, 2.05) is 67.0 Å². The molecule has 0 radical (unpaired) electrons. The summed E-state index contributed by atoms with van der Waals surface area (Å²) in [4.78, 5) is 42.6. The highest BCUT2D eigenvalue weighted by Crippen LogP contribution is 2.43. The Morgan fingerprint density at radius 3 is 1.13 bits per heavy atom. The van der Waals surface area contributed by atoms with Gasteiger partial charge in [0.2, 0.25) is 0 Å². The number of aromatic nitrogens is 10. The lowest BCUT2D eigenvalue weighted by Gasteiger charge is -2.22. The lowest BCUT2D eigenvalue weighted by Crippen LogP contribution is -2.16. The number of hydrogen-bond donors (Lipinski definition) is 0. The summed E-state index contributed by atoms with van der Waals surface area (Å²) in [5.74, 6) is 0.873. The molecule has 0 aliphatic rings. The van der Waals surface area contributed by atoms with Crippen LogP contribution < -0.4 is 0 Å². The summed E-state index contributed by atoms with van der Waals surface area (Å²) in [6, 6.07) is 146. The van der Waals surface area contributed by atoms with Crippen molar-refractivity contribution in [2.45, 2.75) is 183 Å². The molecule has 0 N–H and O–H groups in total. The minimum Gasteiger partial charge on any atom is -0.292 e. The second-order valence-corrected chi connectivity index (χ2v) is 45.9. The molecule has 740 valence electrons. The third-order valence-electron chi connectivity index (χ3n) is 27.3. The third-order valence-corrected chi connectivity index (χ3v) is 27.3. The second kappa shape index (κ2) is 42.9. The highest BCUT2D eigenvalue weighted by molar-refractivity contribution is 6.24. The number of nitrogens with zero attached hydrogens (tertiary/aromatic N) is 10. The first-order valence-electron chi connectivity index (χ1n) is 52.0. The molecule has 149 heavy (non-hydrogen) atoms. The molecule has 0 fully saturated rings. The quantitative estimate of drug-likeness (QED) is 0.150. The summed E-state index contributed by atoms with van der Waals surface area (Å²) in [5, 5.41) is 12.3. The fourth-order valence-electron chi connectivity index (χ4n) is 18.8. The molecule has 0 aliphatic heterocycles. The van der Waals surface area contributed by atoms with Crippen molar-refractivity contribution in [3.05, 3.63) is 471 Å². The van der Waals surface area contributed by atoms with E-state index in [0.717, 1.165) is 101 Å². The number of fused-ring (bicyclic) bond motifs is 16. The minimum atomic E-state index is -0.0945. The van der Waals surface area contributed by atoms with Crippen LogP contribution in [0, 0.1) is 0 Å². The molecule has 8 aromatic heterocycles. The minimum absolute atomic E-state index is 0.0166. The van der Waals surface area contributed by atoms with Gasteiger partial charge in [0.05, 0.1) is 72.2 Å². The standard InChI is InChI=1S/C27H22N2.C25H23N.C24H22N2.2C19H19N.C13H15N.C12H14N2/c1-27(2,3)18-13-15-23-21(16-18)25-19-9-5-4-8-17(19)12-14-20(25)26-28-22-10-6-7-11-24(22)29(23)26;1-25(2,3)24-17-22(21-11-7-8-12-23(21)26-24)20-15-13-19(14-16-20)18-9-5-4-6-10-18;1-24(2,3)23-25-21-12-8-7-11-20(21)22(26-23)19-15-13-18(14-16-19)17-9-5-4-6-10-17;1-19(2,3)16-13-18(14-9-5-4-6-10-14)20-17-12-8-7-11-15(16)17;1-19(2,3)18-13-16(14-9-5-4-6-10-14)15-11-7-8-12-17(15)20-18;1-13(2,3)11-7-6-10-5-4-8-14-12(10)9-11;1-12(2,3)11-8-13-9-6-4-5-7-10(9)14-11/h4-16H,1-3H3;4-17H,1-3H3;4-16H,1-3H3;2*4-13H,1-3H3;4-9H,1-3H3;4-8H,1-3H3. The van der Waals surface area contributed by atoms with Gasteiger partial charge in [-0.1, -0.05) is 467 Å². The zero-order valence-electron chi connectivity index (χ0n) is 90.0. The number of imidazole rings is 1. The van der Waals surface area contributed by atoms with Crippen LogP contribution in [-0.4, -0.2) is 49.3 Å². The van der Waals surface area contributed by atoms with Crippen molar-refractivity contribution in [2.75, 3.05) is 0 Å². The molecule has 0 bridgehead atoms. The van der Waals surface area contributed by atoms with Crippen molar-refractivity contribution in [2.24, 2.45) is 0 Å². The summed E-state index contributed by atoms with van der Waals surface area (Å²) >= 11 is 0. The fourth-order valence-corrected chi connectivity index (χ4v) is 18.8. The second-order valence-electron chi connectivity index (χ2n) is 45.9. The maximum atomic E-state index is 5.03. The lowest BCUT2D eigenvalue weighted by atomic mass is 9.84. The summed E-state index contributed by atoms with van der Waals surface area (Å²) in [7, 11) is 0. The smallest absolute Gasteiger partial charge is 0.146 e. The van der Waals surface area contributed by atoms with Crippen LogP contribution in [0.25, 0.3) is 182 Å². The molecule has 24 rings (SSSR count). The van der Waals surface area contributed by atoms with E-state index in [9.17, 15) is 0 Å². The van der Waals surface area contributed by atoms with Gasteiger partial charge in [-0.05, 0) is 185 Å². The molecule has 0 atom stereocenters. The first-order valence-corrected chi connectivity index (χ1v) is 52.0. The fraction of sp³-hybridized carbons (Fsp3) is 0.201. The van der Waals surface area contributed by atoms with Crippen molar-refractivity contribution >= 4 is 115 Å². The number of rotatable bonds is 6. The van der Waals surface area contributed by atoms with Crippen molar-refractivity contribution in [1.82, 2.24) is 49.3 Å². The Bertz CT molecular complexity index is 8600. The van der Waals surface area contributed by atoms with Gasteiger partial charge < -0.3 is 0 Å². The Balaban J connectivity index is 0.000000115. The Morgan fingerprint density at radius 1 is 0.201 bits per heavy atom. The van der Waals surface area contributed by atoms with E-state index < -0.39 is 0 Å². The summed E-state index contributed by atoms with van der Waals surface area (Å²) in [6.07, 6.45) is 3.71. The van der Waals surface area contributed by atoms with Gasteiger partial charge in [0, 0.05) is 99.7 Å². The van der Waals surface area contributed by atoms with Gasteiger partial charge in [0.25, 0.3) is 0 Å². The molecular formula is C139H134N10. The summed E-state index contributed by atoms with van der Waals surface area (Å²) in [5.41, 5.74) is 33.7. The molecule has 24 aromatic rings. The van der Waals surface area contributed by atoms with Gasteiger partial charge in [-0.3, -0.25) is 24.3 Å². The Morgan fingerprint density at radius 2 is 0.604 bits per heavy atom. The first kappa shape index (κ1) is 103. The number of para-hydroxylation sites is 8. The first-order chi connectivity index (χ1) is 71.3. The number of hydrogen-bond acceptors (Lipinski definition) is 9. The predicted octanol–water partition coefficient (Wildman–Crippen LogP) is 37.2. The summed E-state index contributed by atoms with van der Waals surface area (Å²) < 4.78 is 2.33. The highest BCUT2D eigenvalue weighted by atomic mass is 15.0. The molecular weight excluding hydrogens is 1810 g/mol. The predicted molar refractivity (Wildman–Crippen MR) is 635 cm³/mol. The van der Waals surface area contributed by atoms with Crippen LogP contribution >= 0.6 is 0 Å². The van der Waals surface area contributed by atoms with Gasteiger partial charge in [-0.25, -0.2) is 24.9 Å². The van der Waals surface area contributed by atoms with Crippen LogP contribution in [0.2, 0.25) is 0 Å². The van der Waals surface area contributed by atoms with Gasteiger partial charge in [-0.15, -0.1) is 0 Å². The van der Waals surface area contributed by atoms with E-state index in [0.29, 0.717) is 0 Å². The molecule has 0 aliphatic carbocycles. The zero-order chi connectivity index (χ0) is 105. The number of benzene rings is 16. The maximum Gasteiger partial charge on any atom is 0.146 e. The van der Waals surface area contributed by atoms with Crippen LogP contribution in [0.3, 0.4) is 0 Å². The van der Waals surface area contributed by atoms with Crippen LogP contribution in [0.4, 0.5) is 0 Å². The van der Waals surface area contributed by atoms with E-state index >= 15 is 0 Å². The SMILES string of the molecule is CC(C)(C)c1cc(-c2ccc(-c3ccccc3)cc2)c2ccccc2n1.CC(C)(C)c1cc(-c2ccccc2)c2ccccc2n1.CC(C)(C)c1cc(-c2ccccc2)nc2ccccc12.CC(C)(C)c1ccc2c(c1)c1c3ccccc3ccc1c1nc3ccccc3n21.CC(C)(C)c1ccc2cccnc2c1.CC(C)(C)c1cnc2ccccc2n1.CC(C)(C)c1nc(-c2ccc(-c3ccccc3)cc2)c2ccccc2n1. The molecule has 0 amide bonds. The summed E-state index contributed by atoms with van der Waals surface area (Å²) in [6.45, 7) is 46.4. The van der Waals surface area contributed by atoms with Crippen molar-refractivity contribution < 1.29 is 0 Å². The van der Waals surface area contributed by atoms with E-state index in [1.54, 1.807) is 0 Å². The van der Waals surface area contributed by atoms with Crippen LogP contribution in [0.5, 0.6) is 0 Å². The zero-order valence-corrected chi connectivity index (χ0v) is 90.0. The van der Waals surface area contributed by atoms with Crippen LogP contribution in [0.15, 0.2) is 431 Å². The molecule has 0 saturated carbocycles. The van der Waals surface area contributed by atoms with Crippen molar-refractivity contribution in [3.63, 3.8) is 0 Å². The third kappa shape index (κ3) is 23.7. The molecule has 0 saturated heterocycles. The molecule has 0 unspecified atom stereocenters. The van der Waals surface area contributed by atoms with Crippen molar-refractivity contribution in [1.29, 1.82) is 0 Å². The van der Waals surface area contributed by atoms with E-state index in [1.165, 1.54) is 121 Å². The molecule has 10 heteroatoms. The molecule has 8 heterocycles. The largest absolute Gasteiger partial charge is 0.292 e. The molecule has 10 nitrogen and oxygen atoms in total. The van der Waals surface area contributed by atoms with E-state index in [-0.39, 0.29) is 37.9 Å². The van der Waals surface area contributed by atoms with Crippen molar-refractivity contribution in [3.8, 4) is 67.0 Å². The van der Waals surface area contributed by atoms with E-state index in [2.05, 4.69) is 529 Å². The Kier molecular flexibility index (Phi) is 29.6. The van der Waals surface area contributed by atoms with Gasteiger partial charge in [0.15, 0.2) is 0 Å². The normalized spacial score (nSPS) is 11.9. The highest BCUT2D eigenvalue weighted by Gasteiger charge is 2.27. The van der Waals surface area contributed by atoms with Crippen LogP contribution in [0.1, 0.15) is 185 Å². The average Bonchev–Trinajstić information content (AvgIpc) is 1.60. The van der Waals surface area contributed by atoms with E-state index in [4.69, 9.17) is 29.9 Å². The maximum absolute atomic E-state index is 5.03. The number of pyridine rings is 5. The Hall–Kier alpha value is -16.4. The van der Waals surface area contributed by atoms with Gasteiger partial charge in [0.1, 0.15) is 11.5 Å². The Labute approximate surface area is 878 Å². The van der Waals surface area contributed by atoms with Gasteiger partial charge in [-0.2, -0.15) is 0 Å². The lowest BCUT2D eigenvalue weighted by molar-refractivity contribution is 0.549. The van der Waals surface area contributed by atoms with Crippen LogP contribution in [-0.2, 0) is 37.9 Å². The molecule has 0 spiro atoms. The topological polar surface area (TPSA) is 120 Å². The van der Waals surface area contributed by atoms with Gasteiger partial charge >= 0.3 is 0 Å². The average molecular weight is 1940 g/mol. The molecule has 16 aromatic carbocycles.